The maximum atomic E-state index is 12.3. The van der Waals surface area contributed by atoms with Crippen LogP contribution in [0.3, 0.4) is 0 Å². The summed E-state index contributed by atoms with van der Waals surface area (Å²) in [6.07, 6.45) is -3.15. The van der Waals surface area contributed by atoms with Gasteiger partial charge in [0.25, 0.3) is 0 Å². The lowest BCUT2D eigenvalue weighted by molar-refractivity contribution is -0.127. The van der Waals surface area contributed by atoms with Crippen LogP contribution in [0, 0.1) is 11.8 Å². The lowest BCUT2D eigenvalue weighted by Gasteiger charge is -2.19. The Morgan fingerprint density at radius 2 is 1.96 bits per heavy atom. The molecule has 2 atom stereocenters. The number of benzene rings is 1. The number of nitrogens with zero attached hydrogens (tertiary/aromatic N) is 1. The van der Waals surface area contributed by atoms with Crippen LogP contribution in [0.25, 0.3) is 0 Å². The van der Waals surface area contributed by atoms with Crippen molar-refractivity contribution in [3.05, 3.63) is 29.8 Å². The highest BCUT2D eigenvalue weighted by Crippen LogP contribution is 2.30. The molecule has 0 radical (unpaired) electrons. The van der Waals surface area contributed by atoms with E-state index in [1.165, 1.54) is 24.3 Å². The summed E-state index contributed by atoms with van der Waals surface area (Å²) < 4.78 is 42.4. The van der Waals surface area contributed by atoms with Gasteiger partial charge in [-0.3, -0.25) is 0 Å². The van der Waals surface area contributed by atoms with Crippen LogP contribution in [-0.2, 0) is 11.2 Å². The molecule has 0 bridgehead atoms. The molecule has 0 spiro atoms. The van der Waals surface area contributed by atoms with Gasteiger partial charge in [-0.05, 0) is 42.4 Å². The molecule has 0 aliphatic carbocycles. The Bertz CT molecular complexity index is 568. The highest BCUT2D eigenvalue weighted by Gasteiger charge is 2.33. The Balaban J connectivity index is 1.51. The van der Waals surface area contributed by atoms with Crippen molar-refractivity contribution in [2.75, 3.05) is 31.6 Å². The van der Waals surface area contributed by atoms with Crippen LogP contribution >= 0.6 is 0 Å². The van der Waals surface area contributed by atoms with Crippen LogP contribution in [0.5, 0.6) is 0 Å². The van der Waals surface area contributed by atoms with Crippen molar-refractivity contribution in [1.82, 2.24) is 4.90 Å². The predicted octanol–water partition coefficient (Wildman–Crippen LogP) is 3.68. The van der Waals surface area contributed by atoms with Crippen molar-refractivity contribution in [2.24, 2.45) is 11.8 Å². The van der Waals surface area contributed by atoms with Gasteiger partial charge in [-0.1, -0.05) is 12.1 Å². The first-order valence-corrected chi connectivity index (χ1v) is 8.20. The first kappa shape index (κ1) is 17.1. The molecule has 3 rings (SSSR count). The maximum absolute atomic E-state index is 12.3. The number of urea groups is 1. The Labute approximate surface area is 139 Å². The van der Waals surface area contributed by atoms with E-state index in [2.05, 4.69) is 5.32 Å². The molecule has 2 aliphatic rings. The first-order chi connectivity index (χ1) is 11.4. The molecule has 2 heterocycles. The zero-order chi connectivity index (χ0) is 17.2. The van der Waals surface area contributed by atoms with Gasteiger partial charge in [0.05, 0.1) is 6.42 Å². The smallest absolute Gasteiger partial charge is 0.381 e. The predicted molar refractivity (Wildman–Crippen MR) is 83.8 cm³/mol. The molecule has 7 heteroatoms. The van der Waals surface area contributed by atoms with Gasteiger partial charge in [-0.2, -0.15) is 13.2 Å². The SMILES string of the molecule is O=C(Nc1ccc(CC(F)(F)F)cc1)N1CC[C@H]([C@@H]2CCOC2)C1. The average Bonchev–Trinajstić information content (AvgIpc) is 3.18. The summed E-state index contributed by atoms with van der Waals surface area (Å²) >= 11 is 0. The minimum atomic E-state index is -4.22. The molecule has 1 aromatic rings. The van der Waals surface area contributed by atoms with Crippen LogP contribution in [-0.4, -0.2) is 43.4 Å². The van der Waals surface area contributed by atoms with Crippen LogP contribution < -0.4 is 5.32 Å². The Hall–Kier alpha value is -1.76. The molecular formula is C17H21F3N2O2. The van der Waals surface area contributed by atoms with Crippen molar-refractivity contribution >= 4 is 11.7 Å². The molecule has 0 aromatic heterocycles. The normalized spacial score (nSPS) is 24.4. The topological polar surface area (TPSA) is 41.6 Å². The Kier molecular flexibility index (Phi) is 4.99. The summed E-state index contributed by atoms with van der Waals surface area (Å²) in [7, 11) is 0. The molecule has 2 amide bonds. The Morgan fingerprint density at radius 3 is 2.58 bits per heavy atom. The van der Waals surface area contributed by atoms with Crippen molar-refractivity contribution in [2.45, 2.75) is 25.4 Å². The molecule has 0 saturated carbocycles. The number of alkyl halides is 3. The van der Waals surface area contributed by atoms with Gasteiger partial charge in [-0.25, -0.2) is 4.79 Å². The number of halogens is 3. The third kappa shape index (κ3) is 4.41. The molecule has 2 saturated heterocycles. The van der Waals surface area contributed by atoms with Gasteiger partial charge in [0.15, 0.2) is 0 Å². The molecule has 2 aliphatic heterocycles. The molecular weight excluding hydrogens is 321 g/mol. The summed E-state index contributed by atoms with van der Waals surface area (Å²) in [5.41, 5.74) is 0.696. The third-order valence-corrected chi connectivity index (χ3v) is 4.75. The molecule has 1 aromatic carbocycles. The highest BCUT2D eigenvalue weighted by atomic mass is 19.4. The molecule has 0 unspecified atom stereocenters. The number of amides is 2. The summed E-state index contributed by atoms with van der Waals surface area (Å²) in [5, 5.41) is 2.76. The standard InChI is InChI=1S/C17H21F3N2O2/c18-17(19,20)9-12-1-3-15(4-2-12)21-16(23)22-7-5-13(10-22)14-6-8-24-11-14/h1-4,13-14H,5-11H2,(H,21,23)/t13-,14+/m0/s1. The molecule has 132 valence electrons. The van der Waals surface area contributed by atoms with E-state index >= 15 is 0 Å². The van der Waals surface area contributed by atoms with Crippen molar-refractivity contribution < 1.29 is 22.7 Å². The van der Waals surface area contributed by atoms with E-state index in [0.29, 0.717) is 30.6 Å². The average molecular weight is 342 g/mol. The van der Waals surface area contributed by atoms with Crippen molar-refractivity contribution in [3.63, 3.8) is 0 Å². The summed E-state index contributed by atoms with van der Waals surface area (Å²) in [4.78, 5) is 14.1. The summed E-state index contributed by atoms with van der Waals surface area (Å²) in [6, 6.07) is 5.62. The number of rotatable bonds is 3. The fourth-order valence-electron chi connectivity index (χ4n) is 3.42. The van der Waals surface area contributed by atoms with Crippen LogP contribution in [0.2, 0.25) is 0 Å². The van der Waals surface area contributed by atoms with E-state index in [1.54, 1.807) is 4.90 Å². The molecule has 4 nitrogen and oxygen atoms in total. The van der Waals surface area contributed by atoms with E-state index in [9.17, 15) is 18.0 Å². The van der Waals surface area contributed by atoms with Gasteiger partial charge in [0.2, 0.25) is 0 Å². The first-order valence-electron chi connectivity index (χ1n) is 8.20. The van der Waals surface area contributed by atoms with Crippen molar-refractivity contribution in [3.8, 4) is 0 Å². The van der Waals surface area contributed by atoms with Crippen LogP contribution in [0.1, 0.15) is 18.4 Å². The second-order valence-corrected chi connectivity index (χ2v) is 6.54. The number of nitrogens with one attached hydrogen (secondary N) is 1. The van der Waals surface area contributed by atoms with E-state index in [0.717, 1.165) is 26.1 Å². The van der Waals surface area contributed by atoms with E-state index in [-0.39, 0.29) is 11.6 Å². The largest absolute Gasteiger partial charge is 0.393 e. The number of hydrogen-bond acceptors (Lipinski definition) is 2. The molecule has 2 fully saturated rings. The minimum absolute atomic E-state index is 0.183. The maximum Gasteiger partial charge on any atom is 0.393 e. The quantitative estimate of drug-likeness (QED) is 0.910. The van der Waals surface area contributed by atoms with Gasteiger partial charge in [-0.15, -0.1) is 0 Å². The van der Waals surface area contributed by atoms with E-state index < -0.39 is 12.6 Å². The van der Waals surface area contributed by atoms with Gasteiger partial charge in [0.1, 0.15) is 0 Å². The summed E-state index contributed by atoms with van der Waals surface area (Å²) in [6.45, 7) is 3.00. The van der Waals surface area contributed by atoms with Crippen LogP contribution in [0.4, 0.5) is 23.7 Å². The zero-order valence-electron chi connectivity index (χ0n) is 13.3. The third-order valence-electron chi connectivity index (χ3n) is 4.75. The minimum Gasteiger partial charge on any atom is -0.381 e. The fourth-order valence-corrected chi connectivity index (χ4v) is 3.42. The van der Waals surface area contributed by atoms with E-state index in [4.69, 9.17) is 4.74 Å². The second-order valence-electron chi connectivity index (χ2n) is 6.54. The second kappa shape index (κ2) is 7.01. The molecule has 1 N–H and O–H groups in total. The van der Waals surface area contributed by atoms with Gasteiger partial charge in [0, 0.05) is 32.0 Å². The monoisotopic (exact) mass is 342 g/mol. The van der Waals surface area contributed by atoms with Gasteiger partial charge < -0.3 is 15.0 Å². The van der Waals surface area contributed by atoms with E-state index in [1.807, 2.05) is 0 Å². The number of likely N-dealkylation sites (tertiary alicyclic amines) is 1. The number of carbonyl (C=O) groups is 1. The molecule has 24 heavy (non-hydrogen) atoms. The highest BCUT2D eigenvalue weighted by molar-refractivity contribution is 5.89. The number of ether oxygens (including phenoxy) is 1. The summed E-state index contributed by atoms with van der Waals surface area (Å²) in [5.74, 6) is 1.01. The Morgan fingerprint density at radius 1 is 1.21 bits per heavy atom. The number of anilines is 1. The fraction of sp³-hybridized carbons (Fsp3) is 0.588. The van der Waals surface area contributed by atoms with Crippen molar-refractivity contribution in [1.29, 1.82) is 0 Å². The lowest BCUT2D eigenvalue weighted by atomic mass is 9.91. The number of carbonyl (C=O) groups excluding carboxylic acids is 1. The van der Waals surface area contributed by atoms with Gasteiger partial charge >= 0.3 is 12.2 Å². The lowest BCUT2D eigenvalue weighted by Crippen LogP contribution is -2.33. The van der Waals surface area contributed by atoms with Crippen LogP contribution in [0.15, 0.2) is 24.3 Å². The zero-order valence-corrected chi connectivity index (χ0v) is 13.3. The number of hydrogen-bond donors (Lipinski definition) is 1.